The molecule has 0 atom stereocenters. The number of anilines is 1. The van der Waals surface area contributed by atoms with Gasteiger partial charge in [0.2, 0.25) is 0 Å². The summed E-state index contributed by atoms with van der Waals surface area (Å²) in [5, 5.41) is 8.23. The fourth-order valence-corrected chi connectivity index (χ4v) is 3.16. The monoisotopic (exact) mass is 340 g/mol. The van der Waals surface area contributed by atoms with E-state index in [9.17, 15) is 4.79 Å². The summed E-state index contributed by atoms with van der Waals surface area (Å²) in [6, 6.07) is 9.85. The summed E-state index contributed by atoms with van der Waals surface area (Å²) in [5.74, 6) is -0.152. The summed E-state index contributed by atoms with van der Waals surface area (Å²) in [4.78, 5) is 18.3. The quantitative estimate of drug-likeness (QED) is 0.720. The fourth-order valence-electron chi connectivity index (χ4n) is 2.61. The second kappa shape index (κ2) is 6.65. The Balaban J connectivity index is 1.97. The maximum absolute atomic E-state index is 12.7. The zero-order valence-corrected chi connectivity index (χ0v) is 15.0. The van der Waals surface area contributed by atoms with Crippen LogP contribution >= 0.6 is 11.8 Å². The first kappa shape index (κ1) is 16.5. The van der Waals surface area contributed by atoms with Gasteiger partial charge in [0.25, 0.3) is 5.91 Å². The molecule has 5 nitrogen and oxygen atoms in total. The van der Waals surface area contributed by atoms with Crippen molar-refractivity contribution in [3.8, 4) is 0 Å². The number of nitrogens with one attached hydrogen (secondary N) is 1. The highest BCUT2D eigenvalue weighted by molar-refractivity contribution is 7.98. The van der Waals surface area contributed by atoms with Crippen LogP contribution in [0.1, 0.15) is 35.9 Å². The third kappa shape index (κ3) is 3.01. The third-order valence-corrected chi connectivity index (χ3v) is 4.64. The number of carbonyl (C=O) groups excluding carboxylic acids is 1. The van der Waals surface area contributed by atoms with Gasteiger partial charge in [-0.25, -0.2) is 9.67 Å². The third-order valence-electron chi connectivity index (χ3n) is 3.85. The van der Waals surface area contributed by atoms with Crippen LogP contribution in [-0.2, 0) is 0 Å². The number of benzene rings is 1. The molecule has 0 saturated heterocycles. The molecule has 0 aliphatic heterocycles. The summed E-state index contributed by atoms with van der Waals surface area (Å²) in [5.41, 5.74) is 2.89. The molecule has 2 heterocycles. The number of rotatable bonds is 4. The standard InChI is InChI=1S/C18H20N4OS/c1-11(2)22-17-13(10-19-22)9-14(12(3)20-17)18(23)21-15-7-5-6-8-16(15)24-4/h5-11H,1-4H3,(H,21,23). The number of para-hydroxylation sites is 1. The van der Waals surface area contributed by atoms with Gasteiger partial charge in [-0.15, -0.1) is 11.8 Å². The van der Waals surface area contributed by atoms with E-state index in [2.05, 4.69) is 29.2 Å². The van der Waals surface area contributed by atoms with Gasteiger partial charge in [0.05, 0.1) is 23.1 Å². The van der Waals surface area contributed by atoms with E-state index in [0.29, 0.717) is 11.3 Å². The molecule has 3 aromatic rings. The fraction of sp³-hybridized carbons (Fsp3) is 0.278. The Hall–Kier alpha value is -2.34. The maximum atomic E-state index is 12.7. The first-order valence-electron chi connectivity index (χ1n) is 7.80. The van der Waals surface area contributed by atoms with Crippen LogP contribution in [-0.4, -0.2) is 26.9 Å². The number of hydrogen-bond donors (Lipinski definition) is 1. The molecule has 1 N–H and O–H groups in total. The summed E-state index contributed by atoms with van der Waals surface area (Å²) in [6.07, 6.45) is 3.75. The van der Waals surface area contributed by atoms with E-state index in [-0.39, 0.29) is 11.9 Å². The van der Waals surface area contributed by atoms with Gasteiger partial charge in [0, 0.05) is 16.3 Å². The van der Waals surface area contributed by atoms with Gasteiger partial charge in [0.1, 0.15) is 0 Å². The van der Waals surface area contributed by atoms with Crippen LogP contribution < -0.4 is 5.32 Å². The molecule has 2 aromatic heterocycles. The molecule has 1 aromatic carbocycles. The summed E-state index contributed by atoms with van der Waals surface area (Å²) in [7, 11) is 0. The largest absolute Gasteiger partial charge is 0.321 e. The minimum absolute atomic E-state index is 0.152. The average Bonchev–Trinajstić information content (AvgIpc) is 2.97. The Labute approximate surface area is 145 Å². The second-order valence-corrected chi connectivity index (χ2v) is 6.72. The minimum atomic E-state index is -0.152. The number of fused-ring (bicyclic) bond motifs is 1. The predicted molar refractivity (Wildman–Crippen MR) is 98.8 cm³/mol. The molecule has 0 fully saturated rings. The topological polar surface area (TPSA) is 59.8 Å². The van der Waals surface area contributed by atoms with Crippen LogP contribution in [0.3, 0.4) is 0 Å². The average molecular weight is 340 g/mol. The number of aryl methyl sites for hydroxylation is 1. The number of amides is 1. The van der Waals surface area contributed by atoms with E-state index in [1.807, 2.05) is 48.2 Å². The molecule has 124 valence electrons. The molecular formula is C18H20N4OS. The van der Waals surface area contributed by atoms with Crippen molar-refractivity contribution in [3.63, 3.8) is 0 Å². The van der Waals surface area contributed by atoms with Crippen molar-refractivity contribution in [2.75, 3.05) is 11.6 Å². The number of thioether (sulfide) groups is 1. The van der Waals surface area contributed by atoms with Crippen LogP contribution in [0.25, 0.3) is 11.0 Å². The van der Waals surface area contributed by atoms with Crippen LogP contribution in [0.15, 0.2) is 41.4 Å². The number of pyridine rings is 1. The van der Waals surface area contributed by atoms with Gasteiger partial charge in [-0.1, -0.05) is 12.1 Å². The minimum Gasteiger partial charge on any atom is -0.321 e. The molecule has 0 spiro atoms. The smallest absolute Gasteiger partial charge is 0.257 e. The first-order valence-corrected chi connectivity index (χ1v) is 9.03. The molecule has 0 unspecified atom stereocenters. The summed E-state index contributed by atoms with van der Waals surface area (Å²) in [6.45, 7) is 5.97. The van der Waals surface area contributed by atoms with E-state index >= 15 is 0 Å². The van der Waals surface area contributed by atoms with Gasteiger partial charge in [-0.05, 0) is 45.2 Å². The lowest BCUT2D eigenvalue weighted by atomic mass is 10.1. The molecule has 0 bridgehead atoms. The molecule has 6 heteroatoms. The number of nitrogens with zero attached hydrogens (tertiary/aromatic N) is 3. The lowest BCUT2D eigenvalue weighted by Gasteiger charge is -2.11. The lowest BCUT2D eigenvalue weighted by molar-refractivity contribution is 0.102. The van der Waals surface area contributed by atoms with Crippen molar-refractivity contribution in [3.05, 3.63) is 47.8 Å². The van der Waals surface area contributed by atoms with E-state index in [1.165, 1.54) is 0 Å². The van der Waals surface area contributed by atoms with E-state index in [0.717, 1.165) is 21.6 Å². The summed E-state index contributed by atoms with van der Waals surface area (Å²) < 4.78 is 1.87. The van der Waals surface area contributed by atoms with Crippen LogP contribution in [0.4, 0.5) is 5.69 Å². The SMILES string of the molecule is CSc1ccccc1NC(=O)c1cc2cnn(C(C)C)c2nc1C. The van der Waals surface area contributed by atoms with Gasteiger partial charge in [0.15, 0.2) is 5.65 Å². The van der Waals surface area contributed by atoms with Crippen molar-refractivity contribution < 1.29 is 4.79 Å². The number of carbonyl (C=O) groups is 1. The number of hydrogen-bond acceptors (Lipinski definition) is 4. The normalized spacial score (nSPS) is 11.2. The zero-order valence-electron chi connectivity index (χ0n) is 14.2. The Morgan fingerprint density at radius 3 is 2.75 bits per heavy atom. The Kier molecular flexibility index (Phi) is 4.57. The Bertz CT molecular complexity index is 901. The number of aromatic nitrogens is 3. The molecule has 3 rings (SSSR count). The van der Waals surface area contributed by atoms with Gasteiger partial charge in [-0.2, -0.15) is 5.10 Å². The molecule has 0 aliphatic carbocycles. The van der Waals surface area contributed by atoms with E-state index in [4.69, 9.17) is 0 Å². The Morgan fingerprint density at radius 2 is 2.04 bits per heavy atom. The summed E-state index contributed by atoms with van der Waals surface area (Å²) >= 11 is 1.60. The van der Waals surface area contributed by atoms with Crippen LogP contribution in [0, 0.1) is 6.92 Å². The molecule has 0 saturated carbocycles. The van der Waals surface area contributed by atoms with Crippen molar-refractivity contribution >= 4 is 34.4 Å². The van der Waals surface area contributed by atoms with E-state index < -0.39 is 0 Å². The molecule has 0 radical (unpaired) electrons. The zero-order chi connectivity index (χ0) is 17.3. The van der Waals surface area contributed by atoms with Gasteiger partial charge in [-0.3, -0.25) is 4.79 Å². The molecule has 24 heavy (non-hydrogen) atoms. The van der Waals surface area contributed by atoms with Gasteiger partial charge < -0.3 is 5.32 Å². The first-order chi connectivity index (χ1) is 11.5. The highest BCUT2D eigenvalue weighted by Crippen LogP contribution is 2.26. The second-order valence-electron chi connectivity index (χ2n) is 5.87. The van der Waals surface area contributed by atoms with Crippen molar-refractivity contribution in [2.24, 2.45) is 0 Å². The van der Waals surface area contributed by atoms with Crippen LogP contribution in [0.2, 0.25) is 0 Å². The maximum Gasteiger partial charge on any atom is 0.257 e. The van der Waals surface area contributed by atoms with Crippen molar-refractivity contribution in [1.29, 1.82) is 0 Å². The molecule has 1 amide bonds. The van der Waals surface area contributed by atoms with Gasteiger partial charge >= 0.3 is 0 Å². The molecular weight excluding hydrogens is 320 g/mol. The molecule has 0 aliphatic rings. The highest BCUT2D eigenvalue weighted by Gasteiger charge is 2.16. The predicted octanol–water partition coefficient (Wildman–Crippen LogP) is 4.29. The highest BCUT2D eigenvalue weighted by atomic mass is 32.2. The lowest BCUT2D eigenvalue weighted by Crippen LogP contribution is -2.15. The van der Waals surface area contributed by atoms with Crippen molar-refractivity contribution in [2.45, 2.75) is 31.7 Å². The Morgan fingerprint density at radius 1 is 1.29 bits per heavy atom. The van der Waals surface area contributed by atoms with E-state index in [1.54, 1.807) is 18.0 Å². The van der Waals surface area contributed by atoms with Crippen molar-refractivity contribution in [1.82, 2.24) is 14.8 Å². The van der Waals surface area contributed by atoms with Crippen LogP contribution in [0.5, 0.6) is 0 Å².